The number of carboxylic acid groups (broad SMARTS) is 1. The predicted molar refractivity (Wildman–Crippen MR) is 186 cm³/mol. The van der Waals surface area contributed by atoms with Crippen LogP contribution in [0.5, 0.6) is 0 Å². The van der Waals surface area contributed by atoms with E-state index < -0.39 is 5.97 Å². The van der Waals surface area contributed by atoms with Gasteiger partial charge in [-0.25, -0.2) is 0 Å². The van der Waals surface area contributed by atoms with Gasteiger partial charge in [0.1, 0.15) is 0 Å². The van der Waals surface area contributed by atoms with E-state index in [1.54, 1.807) is 0 Å². The lowest BCUT2D eigenvalue weighted by molar-refractivity contribution is -0.137. The van der Waals surface area contributed by atoms with Gasteiger partial charge in [-0.1, -0.05) is 206 Å². The Hall–Kier alpha value is -0.790. The Morgan fingerprint density at radius 1 is 0.366 bits per heavy atom. The Kier molecular flexibility index (Phi) is 42.7. The Morgan fingerprint density at radius 2 is 0.585 bits per heavy atom. The van der Waals surface area contributed by atoms with Crippen LogP contribution < -0.4 is 0 Å². The van der Waals surface area contributed by atoms with Gasteiger partial charge in [-0.2, -0.15) is 0 Å². The number of hydrogen-bond acceptors (Lipinski definition) is 1. The molecule has 0 heterocycles. The molecule has 0 saturated heterocycles. The SMILES string of the molecule is CCCCCCCC/C=C\CCCCCCCC(=O)O.CCCCCCCCCCCCCCCCCCCCC. The molecule has 0 aliphatic carbocycles. The Balaban J connectivity index is 0. The lowest BCUT2D eigenvalue weighted by atomic mass is 10.0. The molecule has 0 fully saturated rings. The third-order valence-corrected chi connectivity index (χ3v) is 8.36. The normalized spacial score (nSPS) is 11.2. The topological polar surface area (TPSA) is 37.3 Å². The van der Waals surface area contributed by atoms with Crippen molar-refractivity contribution in [2.45, 2.75) is 233 Å². The maximum absolute atomic E-state index is 10.3. The van der Waals surface area contributed by atoms with E-state index in [-0.39, 0.29) is 0 Å². The molecule has 0 unspecified atom stereocenters. The Labute approximate surface area is 260 Å². The van der Waals surface area contributed by atoms with E-state index in [0.29, 0.717) is 6.42 Å². The minimum Gasteiger partial charge on any atom is -0.481 e. The highest BCUT2D eigenvalue weighted by atomic mass is 16.4. The number of carbonyl (C=O) groups is 1. The molecule has 0 radical (unpaired) electrons. The van der Waals surface area contributed by atoms with Gasteiger partial charge in [0.25, 0.3) is 0 Å². The molecule has 0 aromatic rings. The fraction of sp³-hybridized carbons (Fsp3) is 0.923. The summed E-state index contributed by atoms with van der Waals surface area (Å²) in [6.07, 6.45) is 49.1. The zero-order valence-electron chi connectivity index (χ0n) is 28.8. The van der Waals surface area contributed by atoms with Crippen LogP contribution in [0.4, 0.5) is 0 Å². The summed E-state index contributed by atoms with van der Waals surface area (Å²) in [6, 6.07) is 0. The van der Waals surface area contributed by atoms with E-state index in [9.17, 15) is 4.79 Å². The van der Waals surface area contributed by atoms with Gasteiger partial charge in [0.05, 0.1) is 0 Å². The molecule has 0 aromatic carbocycles. The van der Waals surface area contributed by atoms with Crippen molar-refractivity contribution in [3.05, 3.63) is 12.2 Å². The zero-order chi connectivity index (χ0) is 30.3. The second kappa shape index (κ2) is 41.3. The summed E-state index contributed by atoms with van der Waals surface area (Å²) in [5, 5.41) is 8.51. The summed E-state index contributed by atoms with van der Waals surface area (Å²) in [7, 11) is 0. The summed E-state index contributed by atoms with van der Waals surface area (Å²) in [5.74, 6) is -0.664. The van der Waals surface area contributed by atoms with E-state index in [4.69, 9.17) is 5.11 Å². The summed E-state index contributed by atoms with van der Waals surface area (Å²) >= 11 is 0. The number of allylic oxidation sites excluding steroid dienone is 2. The standard InChI is InChI=1S/C21H44.C18H34O2/c1-3-5-7-9-11-13-15-17-19-21-20-18-16-14-12-10-8-6-4-2;1-2-3-4-5-6-7-8-9-10-11-12-13-14-15-16-17-18(19)20/h3-21H2,1-2H3;9-10H,2-8,11-17H2,1H3,(H,19,20)/b;10-9-. The van der Waals surface area contributed by atoms with E-state index >= 15 is 0 Å². The number of hydrogen-bond donors (Lipinski definition) is 1. The largest absolute Gasteiger partial charge is 0.481 e. The van der Waals surface area contributed by atoms with Gasteiger partial charge >= 0.3 is 5.97 Å². The van der Waals surface area contributed by atoms with Crippen LogP contribution in [0.2, 0.25) is 0 Å². The molecule has 0 saturated carbocycles. The van der Waals surface area contributed by atoms with Crippen molar-refractivity contribution in [2.24, 2.45) is 0 Å². The number of aliphatic carboxylic acids is 1. The summed E-state index contributed by atoms with van der Waals surface area (Å²) < 4.78 is 0. The first-order valence-electron chi connectivity index (χ1n) is 19.1. The van der Waals surface area contributed by atoms with E-state index in [1.165, 1.54) is 193 Å². The molecular formula is C39H78O2. The van der Waals surface area contributed by atoms with Gasteiger partial charge < -0.3 is 5.11 Å². The Morgan fingerprint density at radius 3 is 0.829 bits per heavy atom. The van der Waals surface area contributed by atoms with E-state index in [2.05, 4.69) is 32.9 Å². The van der Waals surface area contributed by atoms with Gasteiger partial charge in [-0.3, -0.25) is 4.79 Å². The van der Waals surface area contributed by atoms with Crippen molar-refractivity contribution in [3.63, 3.8) is 0 Å². The molecule has 2 nitrogen and oxygen atoms in total. The Bertz CT molecular complexity index is 466. The first-order chi connectivity index (χ1) is 20.2. The highest BCUT2D eigenvalue weighted by Crippen LogP contribution is 2.14. The van der Waals surface area contributed by atoms with Crippen LogP contribution in [0.3, 0.4) is 0 Å². The molecule has 0 spiro atoms. The van der Waals surface area contributed by atoms with Crippen molar-refractivity contribution in [1.82, 2.24) is 0 Å². The zero-order valence-corrected chi connectivity index (χ0v) is 28.8. The molecule has 41 heavy (non-hydrogen) atoms. The van der Waals surface area contributed by atoms with Crippen LogP contribution in [0, 0.1) is 0 Å². The molecule has 0 aliphatic heterocycles. The van der Waals surface area contributed by atoms with Gasteiger partial charge in [0, 0.05) is 6.42 Å². The maximum Gasteiger partial charge on any atom is 0.303 e. The van der Waals surface area contributed by atoms with Crippen LogP contribution in [-0.4, -0.2) is 11.1 Å². The molecule has 1 N–H and O–H groups in total. The van der Waals surface area contributed by atoms with Crippen LogP contribution in [0.15, 0.2) is 12.2 Å². The first kappa shape index (κ1) is 42.3. The number of rotatable bonds is 33. The number of unbranched alkanes of at least 4 members (excludes halogenated alkanes) is 29. The van der Waals surface area contributed by atoms with Gasteiger partial charge in [-0.15, -0.1) is 0 Å². The van der Waals surface area contributed by atoms with Gasteiger partial charge in [0.2, 0.25) is 0 Å². The minimum absolute atomic E-state index is 0.332. The molecule has 0 atom stereocenters. The quantitative estimate of drug-likeness (QED) is 0.0621. The maximum atomic E-state index is 10.3. The summed E-state index contributed by atoms with van der Waals surface area (Å²) in [6.45, 7) is 6.85. The fourth-order valence-corrected chi connectivity index (χ4v) is 5.50. The number of carboxylic acids is 1. The van der Waals surface area contributed by atoms with Gasteiger partial charge in [-0.05, 0) is 32.1 Å². The molecule has 0 amide bonds. The molecule has 0 aliphatic rings. The molecule has 0 aromatic heterocycles. The highest BCUT2D eigenvalue weighted by molar-refractivity contribution is 5.66. The molecular weight excluding hydrogens is 500 g/mol. The second-order valence-electron chi connectivity index (χ2n) is 12.7. The first-order valence-corrected chi connectivity index (χ1v) is 19.1. The van der Waals surface area contributed by atoms with Crippen LogP contribution in [0.25, 0.3) is 0 Å². The van der Waals surface area contributed by atoms with Crippen LogP contribution >= 0.6 is 0 Å². The molecule has 246 valence electrons. The molecule has 0 bridgehead atoms. The van der Waals surface area contributed by atoms with Crippen molar-refractivity contribution in [2.75, 3.05) is 0 Å². The highest BCUT2D eigenvalue weighted by Gasteiger charge is 1.96. The second-order valence-corrected chi connectivity index (χ2v) is 12.7. The summed E-state index contributed by atoms with van der Waals surface area (Å²) in [4.78, 5) is 10.3. The van der Waals surface area contributed by atoms with Gasteiger partial charge in [0.15, 0.2) is 0 Å². The van der Waals surface area contributed by atoms with Crippen molar-refractivity contribution < 1.29 is 9.90 Å². The minimum atomic E-state index is -0.664. The fourth-order valence-electron chi connectivity index (χ4n) is 5.50. The van der Waals surface area contributed by atoms with Crippen molar-refractivity contribution in [1.29, 1.82) is 0 Å². The predicted octanol–water partition coefficient (Wildman–Crippen LogP) is 14.5. The average molecular weight is 579 g/mol. The summed E-state index contributed by atoms with van der Waals surface area (Å²) in [5.41, 5.74) is 0. The third-order valence-electron chi connectivity index (χ3n) is 8.36. The van der Waals surface area contributed by atoms with Crippen molar-refractivity contribution >= 4 is 5.97 Å². The van der Waals surface area contributed by atoms with E-state index in [1.807, 2.05) is 0 Å². The smallest absolute Gasteiger partial charge is 0.303 e. The van der Waals surface area contributed by atoms with E-state index in [0.717, 1.165) is 12.8 Å². The average Bonchev–Trinajstić information content (AvgIpc) is 2.97. The lowest BCUT2D eigenvalue weighted by Crippen LogP contribution is -1.93. The van der Waals surface area contributed by atoms with Crippen LogP contribution in [0.1, 0.15) is 233 Å². The monoisotopic (exact) mass is 579 g/mol. The van der Waals surface area contributed by atoms with Crippen molar-refractivity contribution in [3.8, 4) is 0 Å². The molecule has 2 heteroatoms. The lowest BCUT2D eigenvalue weighted by Gasteiger charge is -2.03. The van der Waals surface area contributed by atoms with Crippen LogP contribution in [-0.2, 0) is 4.79 Å². The third kappa shape index (κ3) is 46.4. The molecule has 0 rings (SSSR count).